The molecule has 0 aromatic heterocycles. The SMILES string of the molecule is CCCCOC(=O)N1CCC(N(Cc2ccc(F)cc2)C(=O)CN2C(=O)NC3(CCc4cc(N=C(c5ccccc5)c5ccccc5)ccc43)C2=O)CC1. The number of unbranched alkanes of at least 4 members (excludes halogenated alkanes) is 1. The Hall–Kier alpha value is -5.84. The third-order valence-electron chi connectivity index (χ3n) is 10.6. The summed E-state index contributed by atoms with van der Waals surface area (Å²) in [6.45, 7) is 2.91. The van der Waals surface area contributed by atoms with Gasteiger partial charge in [0.15, 0.2) is 0 Å². The molecule has 0 bridgehead atoms. The van der Waals surface area contributed by atoms with Crippen LogP contribution in [-0.2, 0) is 32.8 Å². The highest BCUT2D eigenvalue weighted by atomic mass is 19.1. The van der Waals surface area contributed by atoms with Gasteiger partial charge in [-0.2, -0.15) is 0 Å². The number of fused-ring (bicyclic) bond motifs is 2. The van der Waals surface area contributed by atoms with Crippen molar-refractivity contribution in [2.45, 2.75) is 63.6 Å². The highest BCUT2D eigenvalue weighted by molar-refractivity contribution is 6.14. The first-order valence-corrected chi connectivity index (χ1v) is 18.7. The lowest BCUT2D eigenvalue weighted by Gasteiger charge is -2.38. The molecular weight excluding hydrogens is 686 g/mol. The molecule has 3 aliphatic rings. The number of halogens is 1. The molecule has 4 aromatic rings. The number of ether oxygens (including phenoxy) is 1. The van der Waals surface area contributed by atoms with E-state index >= 15 is 0 Å². The van der Waals surface area contributed by atoms with Crippen molar-refractivity contribution in [3.63, 3.8) is 0 Å². The standard InChI is InChI=1S/C43H44FN5O5/c1-2-3-26-54-42(53)47-24-21-36(22-25-47)48(28-30-14-16-34(44)17-15-30)38(50)29-49-40(51)43(46-41(49)52)23-20-33-27-35(18-19-37(33)43)45-39(31-10-6-4-7-11-31)32-12-8-5-9-13-32/h4-19,27,36H,2-3,20-26,28-29H2,1H3,(H,46,52). The Labute approximate surface area is 314 Å². The van der Waals surface area contributed by atoms with Crippen LogP contribution in [0.15, 0.2) is 108 Å². The largest absolute Gasteiger partial charge is 0.449 e. The topological polar surface area (TPSA) is 112 Å². The van der Waals surface area contributed by atoms with E-state index in [4.69, 9.17) is 9.73 Å². The molecule has 7 rings (SSSR count). The number of nitrogens with one attached hydrogen (secondary N) is 1. The lowest BCUT2D eigenvalue weighted by molar-refractivity contribution is -0.141. The summed E-state index contributed by atoms with van der Waals surface area (Å²) < 4.78 is 19.2. The number of amides is 5. The number of aryl methyl sites for hydroxylation is 1. The van der Waals surface area contributed by atoms with Crippen LogP contribution < -0.4 is 5.32 Å². The fourth-order valence-corrected chi connectivity index (χ4v) is 7.66. The molecule has 0 saturated carbocycles. The van der Waals surface area contributed by atoms with E-state index in [-0.39, 0.29) is 24.5 Å². The maximum Gasteiger partial charge on any atom is 0.409 e. The van der Waals surface area contributed by atoms with Gasteiger partial charge in [0, 0.05) is 36.8 Å². The van der Waals surface area contributed by atoms with Gasteiger partial charge in [-0.15, -0.1) is 0 Å². The van der Waals surface area contributed by atoms with Crippen LogP contribution >= 0.6 is 0 Å². The molecule has 2 fully saturated rings. The number of benzene rings is 4. The molecular formula is C43H44FN5O5. The van der Waals surface area contributed by atoms with E-state index in [0.717, 1.165) is 45.8 Å². The van der Waals surface area contributed by atoms with Crippen LogP contribution in [0.5, 0.6) is 0 Å². The number of rotatable bonds is 11. The van der Waals surface area contributed by atoms with Gasteiger partial charge in [-0.1, -0.05) is 92.2 Å². The number of hydrogen-bond acceptors (Lipinski definition) is 6. The fraction of sp³-hybridized carbons (Fsp3) is 0.326. The van der Waals surface area contributed by atoms with Crippen molar-refractivity contribution in [2.24, 2.45) is 4.99 Å². The van der Waals surface area contributed by atoms with E-state index in [9.17, 15) is 23.6 Å². The zero-order valence-corrected chi connectivity index (χ0v) is 30.4. The van der Waals surface area contributed by atoms with Crippen LogP contribution in [0.3, 0.4) is 0 Å². The molecule has 1 N–H and O–H groups in total. The normalized spacial score (nSPS) is 18.0. The van der Waals surface area contributed by atoms with Crippen LogP contribution in [0, 0.1) is 5.82 Å². The van der Waals surface area contributed by atoms with Gasteiger partial charge in [0.05, 0.1) is 18.0 Å². The van der Waals surface area contributed by atoms with E-state index in [1.165, 1.54) is 12.1 Å². The number of carbonyl (C=O) groups excluding carboxylic acids is 4. The van der Waals surface area contributed by atoms with Gasteiger partial charge < -0.3 is 19.9 Å². The molecule has 10 nitrogen and oxygen atoms in total. The molecule has 2 saturated heterocycles. The Morgan fingerprint density at radius 3 is 2.24 bits per heavy atom. The van der Waals surface area contributed by atoms with Crippen molar-refractivity contribution in [1.82, 2.24) is 20.0 Å². The number of carbonyl (C=O) groups is 4. The molecule has 1 unspecified atom stereocenters. The molecule has 1 aliphatic carbocycles. The first-order chi connectivity index (χ1) is 26.3. The quantitative estimate of drug-likeness (QED) is 0.100. The zero-order valence-electron chi connectivity index (χ0n) is 30.4. The van der Waals surface area contributed by atoms with Crippen molar-refractivity contribution in [2.75, 3.05) is 26.2 Å². The third-order valence-corrected chi connectivity index (χ3v) is 10.6. The summed E-state index contributed by atoms with van der Waals surface area (Å²) in [5.41, 5.74) is 4.56. The number of likely N-dealkylation sites (tertiary alicyclic amines) is 1. The lowest BCUT2D eigenvalue weighted by Crippen LogP contribution is -2.51. The van der Waals surface area contributed by atoms with E-state index in [1.54, 1.807) is 21.9 Å². The molecule has 4 aromatic carbocycles. The summed E-state index contributed by atoms with van der Waals surface area (Å²) in [4.78, 5) is 63.9. The van der Waals surface area contributed by atoms with E-state index in [1.807, 2.05) is 85.8 Å². The summed E-state index contributed by atoms with van der Waals surface area (Å²) >= 11 is 0. The van der Waals surface area contributed by atoms with Crippen LogP contribution in [0.2, 0.25) is 0 Å². The predicted molar refractivity (Wildman–Crippen MR) is 203 cm³/mol. The Balaban J connectivity index is 1.09. The summed E-state index contributed by atoms with van der Waals surface area (Å²) in [6.07, 6.45) is 3.24. The van der Waals surface area contributed by atoms with Gasteiger partial charge in [-0.05, 0) is 73.1 Å². The Morgan fingerprint density at radius 1 is 0.926 bits per heavy atom. The maximum atomic E-state index is 14.2. The molecule has 2 heterocycles. The predicted octanol–water partition coefficient (Wildman–Crippen LogP) is 7.12. The van der Waals surface area contributed by atoms with Crippen molar-refractivity contribution < 1.29 is 28.3 Å². The molecule has 11 heteroatoms. The molecule has 0 radical (unpaired) electrons. The number of hydrogen-bond donors (Lipinski definition) is 1. The average Bonchev–Trinajstić information content (AvgIpc) is 3.68. The number of aliphatic imine (C=N–C) groups is 1. The highest BCUT2D eigenvalue weighted by Crippen LogP contribution is 2.43. The molecule has 5 amide bonds. The first-order valence-electron chi connectivity index (χ1n) is 18.7. The van der Waals surface area contributed by atoms with E-state index in [0.29, 0.717) is 56.5 Å². The van der Waals surface area contributed by atoms with Gasteiger partial charge in [0.1, 0.15) is 17.9 Å². The fourth-order valence-electron chi connectivity index (χ4n) is 7.66. The summed E-state index contributed by atoms with van der Waals surface area (Å²) in [5, 5.41) is 2.95. The summed E-state index contributed by atoms with van der Waals surface area (Å²) in [6, 6.07) is 30.6. The smallest absolute Gasteiger partial charge is 0.409 e. The highest BCUT2D eigenvalue weighted by Gasteiger charge is 2.56. The second kappa shape index (κ2) is 16.0. The van der Waals surface area contributed by atoms with Gasteiger partial charge >= 0.3 is 12.1 Å². The van der Waals surface area contributed by atoms with Crippen molar-refractivity contribution >= 4 is 35.3 Å². The van der Waals surface area contributed by atoms with Gasteiger partial charge in [-0.3, -0.25) is 14.5 Å². The van der Waals surface area contributed by atoms with Crippen LogP contribution in [0.4, 0.5) is 19.7 Å². The van der Waals surface area contributed by atoms with Gasteiger partial charge in [0.25, 0.3) is 5.91 Å². The minimum Gasteiger partial charge on any atom is -0.449 e. The Kier molecular flexibility index (Phi) is 10.8. The first kappa shape index (κ1) is 36.5. The summed E-state index contributed by atoms with van der Waals surface area (Å²) in [5.74, 6) is -1.25. The van der Waals surface area contributed by atoms with Crippen molar-refractivity contribution in [1.29, 1.82) is 0 Å². The Bertz CT molecular complexity index is 1990. The van der Waals surface area contributed by atoms with E-state index < -0.39 is 29.9 Å². The summed E-state index contributed by atoms with van der Waals surface area (Å²) in [7, 11) is 0. The van der Waals surface area contributed by atoms with Crippen LogP contribution in [0.1, 0.15) is 66.8 Å². The third kappa shape index (κ3) is 7.62. The minimum atomic E-state index is -1.28. The zero-order chi connectivity index (χ0) is 37.7. The van der Waals surface area contributed by atoms with Crippen molar-refractivity contribution in [3.8, 4) is 0 Å². The van der Waals surface area contributed by atoms with E-state index in [2.05, 4.69) is 5.32 Å². The molecule has 1 atom stereocenters. The van der Waals surface area contributed by atoms with Crippen molar-refractivity contribution in [3.05, 3.63) is 137 Å². The van der Waals surface area contributed by atoms with Crippen LogP contribution in [0.25, 0.3) is 0 Å². The molecule has 278 valence electrons. The monoisotopic (exact) mass is 729 g/mol. The number of imide groups is 1. The second-order valence-corrected chi connectivity index (χ2v) is 14.1. The average molecular weight is 730 g/mol. The minimum absolute atomic E-state index is 0.166. The Morgan fingerprint density at radius 2 is 1.59 bits per heavy atom. The van der Waals surface area contributed by atoms with Gasteiger partial charge in [0.2, 0.25) is 5.91 Å². The lowest BCUT2D eigenvalue weighted by atomic mass is 9.91. The number of urea groups is 1. The molecule has 1 spiro atoms. The van der Waals surface area contributed by atoms with Gasteiger partial charge in [-0.25, -0.2) is 19.0 Å². The second-order valence-electron chi connectivity index (χ2n) is 14.1. The number of nitrogens with zero attached hydrogens (tertiary/aromatic N) is 4. The van der Waals surface area contributed by atoms with Crippen LogP contribution in [-0.4, -0.2) is 76.6 Å². The maximum absolute atomic E-state index is 14.2. The molecule has 2 aliphatic heterocycles. The number of piperidine rings is 1. The molecule has 54 heavy (non-hydrogen) atoms.